The van der Waals surface area contributed by atoms with Gasteiger partial charge in [-0.3, -0.25) is 9.59 Å². The van der Waals surface area contributed by atoms with E-state index < -0.39 is 5.91 Å². The third-order valence-corrected chi connectivity index (χ3v) is 2.51. The topological polar surface area (TPSA) is 79.8 Å². The number of ether oxygens (including phenoxy) is 1. The fourth-order valence-corrected chi connectivity index (χ4v) is 1.61. The van der Waals surface area contributed by atoms with Crippen LogP contribution in [0.2, 0.25) is 0 Å². The van der Waals surface area contributed by atoms with E-state index in [0.717, 1.165) is 5.56 Å². The SMILES string of the molecule is COc1ccc(C)cc1NC(=O)C1=NNC(=O)C1. The Morgan fingerprint density at radius 1 is 1.50 bits per heavy atom. The van der Waals surface area contributed by atoms with Crippen LogP contribution in [-0.2, 0) is 9.59 Å². The first-order valence-electron chi connectivity index (χ1n) is 5.41. The molecule has 0 bridgehead atoms. The van der Waals surface area contributed by atoms with Gasteiger partial charge in [-0.2, -0.15) is 5.10 Å². The van der Waals surface area contributed by atoms with E-state index in [2.05, 4.69) is 15.8 Å². The van der Waals surface area contributed by atoms with Crippen molar-refractivity contribution in [1.82, 2.24) is 5.43 Å². The van der Waals surface area contributed by atoms with Crippen molar-refractivity contribution in [1.29, 1.82) is 0 Å². The highest BCUT2D eigenvalue weighted by molar-refractivity contribution is 6.46. The first kappa shape index (κ1) is 12.1. The second-order valence-corrected chi connectivity index (χ2v) is 3.93. The van der Waals surface area contributed by atoms with Crippen molar-refractivity contribution in [3.8, 4) is 5.75 Å². The average Bonchev–Trinajstić information content (AvgIpc) is 2.76. The molecule has 0 saturated heterocycles. The van der Waals surface area contributed by atoms with Gasteiger partial charge in [-0.15, -0.1) is 0 Å². The molecule has 2 N–H and O–H groups in total. The summed E-state index contributed by atoms with van der Waals surface area (Å²) in [7, 11) is 1.53. The average molecular weight is 247 g/mol. The molecule has 0 aromatic heterocycles. The van der Waals surface area contributed by atoms with E-state index in [9.17, 15) is 9.59 Å². The number of rotatable bonds is 3. The molecule has 1 aliphatic heterocycles. The molecular formula is C12H13N3O3. The maximum atomic E-state index is 11.9. The molecule has 0 radical (unpaired) electrons. The van der Waals surface area contributed by atoms with Crippen molar-refractivity contribution in [3.05, 3.63) is 23.8 Å². The van der Waals surface area contributed by atoms with Gasteiger partial charge >= 0.3 is 0 Å². The normalized spacial score (nSPS) is 13.9. The molecule has 6 nitrogen and oxygen atoms in total. The Balaban J connectivity index is 2.16. The highest BCUT2D eigenvalue weighted by atomic mass is 16.5. The summed E-state index contributed by atoms with van der Waals surface area (Å²) in [4.78, 5) is 22.8. The number of hydrogen-bond acceptors (Lipinski definition) is 4. The number of carbonyl (C=O) groups excluding carboxylic acids is 2. The van der Waals surface area contributed by atoms with Crippen molar-refractivity contribution < 1.29 is 14.3 Å². The molecular weight excluding hydrogens is 234 g/mol. The zero-order valence-corrected chi connectivity index (χ0v) is 10.1. The zero-order chi connectivity index (χ0) is 13.1. The molecule has 6 heteroatoms. The Morgan fingerprint density at radius 3 is 2.89 bits per heavy atom. The molecule has 18 heavy (non-hydrogen) atoms. The van der Waals surface area contributed by atoms with E-state index in [1.165, 1.54) is 7.11 Å². The largest absolute Gasteiger partial charge is 0.495 e. The lowest BCUT2D eigenvalue weighted by Gasteiger charge is -2.10. The van der Waals surface area contributed by atoms with E-state index >= 15 is 0 Å². The van der Waals surface area contributed by atoms with Crippen LogP contribution in [0.5, 0.6) is 5.75 Å². The summed E-state index contributed by atoms with van der Waals surface area (Å²) in [6.45, 7) is 1.91. The second-order valence-electron chi connectivity index (χ2n) is 3.93. The molecule has 1 aromatic carbocycles. The van der Waals surface area contributed by atoms with E-state index in [4.69, 9.17) is 4.74 Å². The zero-order valence-electron chi connectivity index (χ0n) is 10.1. The van der Waals surface area contributed by atoms with Crippen LogP contribution < -0.4 is 15.5 Å². The Morgan fingerprint density at radius 2 is 2.28 bits per heavy atom. The van der Waals surface area contributed by atoms with Crippen molar-refractivity contribution in [2.24, 2.45) is 5.10 Å². The van der Waals surface area contributed by atoms with Crippen LogP contribution in [0.1, 0.15) is 12.0 Å². The summed E-state index contributed by atoms with van der Waals surface area (Å²) >= 11 is 0. The van der Waals surface area contributed by atoms with E-state index in [0.29, 0.717) is 11.4 Å². The fourth-order valence-electron chi connectivity index (χ4n) is 1.61. The van der Waals surface area contributed by atoms with Gasteiger partial charge in [0.1, 0.15) is 11.5 Å². The summed E-state index contributed by atoms with van der Waals surface area (Å²) < 4.78 is 5.15. The van der Waals surface area contributed by atoms with Crippen molar-refractivity contribution in [2.75, 3.05) is 12.4 Å². The van der Waals surface area contributed by atoms with E-state index in [1.807, 2.05) is 13.0 Å². The third kappa shape index (κ3) is 2.48. The van der Waals surface area contributed by atoms with Crippen molar-refractivity contribution in [3.63, 3.8) is 0 Å². The lowest BCUT2D eigenvalue weighted by atomic mass is 10.2. The number of anilines is 1. The van der Waals surface area contributed by atoms with Gasteiger partial charge in [0.05, 0.1) is 19.2 Å². The number of methoxy groups -OCH3 is 1. The summed E-state index contributed by atoms with van der Waals surface area (Å²) in [5.74, 6) is -0.125. The van der Waals surface area contributed by atoms with Gasteiger partial charge in [-0.25, -0.2) is 5.43 Å². The first-order chi connectivity index (χ1) is 8.60. The van der Waals surface area contributed by atoms with Crippen LogP contribution in [0.4, 0.5) is 5.69 Å². The third-order valence-electron chi connectivity index (χ3n) is 2.51. The van der Waals surface area contributed by atoms with Crippen LogP contribution >= 0.6 is 0 Å². The van der Waals surface area contributed by atoms with Crippen LogP contribution in [-0.4, -0.2) is 24.6 Å². The number of amides is 2. The molecule has 1 heterocycles. The molecule has 0 unspecified atom stereocenters. The van der Waals surface area contributed by atoms with Gasteiger partial charge in [0.15, 0.2) is 0 Å². The molecule has 1 aromatic rings. The van der Waals surface area contributed by atoms with Gasteiger partial charge in [-0.05, 0) is 24.6 Å². The molecule has 0 aliphatic carbocycles. The van der Waals surface area contributed by atoms with Gasteiger partial charge < -0.3 is 10.1 Å². The Bertz CT molecular complexity index is 537. The maximum Gasteiger partial charge on any atom is 0.272 e. The number of nitrogens with one attached hydrogen (secondary N) is 2. The quantitative estimate of drug-likeness (QED) is 0.829. The lowest BCUT2D eigenvalue weighted by molar-refractivity contribution is -0.119. The minimum atomic E-state index is -0.405. The van der Waals surface area contributed by atoms with E-state index in [1.54, 1.807) is 12.1 Å². The van der Waals surface area contributed by atoms with Gasteiger partial charge in [0.2, 0.25) is 5.91 Å². The smallest absolute Gasteiger partial charge is 0.272 e. The number of benzene rings is 1. The monoisotopic (exact) mass is 247 g/mol. The van der Waals surface area contributed by atoms with Crippen LogP contribution in [0.15, 0.2) is 23.3 Å². The second kappa shape index (κ2) is 4.87. The lowest BCUT2D eigenvalue weighted by Crippen LogP contribution is -2.22. The first-order valence-corrected chi connectivity index (χ1v) is 5.41. The fraction of sp³-hybridized carbons (Fsp3) is 0.250. The molecule has 2 rings (SSSR count). The van der Waals surface area contributed by atoms with E-state index in [-0.39, 0.29) is 18.0 Å². The van der Waals surface area contributed by atoms with Gasteiger partial charge in [0, 0.05) is 0 Å². The minimum Gasteiger partial charge on any atom is -0.495 e. The predicted molar refractivity (Wildman–Crippen MR) is 66.6 cm³/mol. The molecule has 1 aliphatic rings. The van der Waals surface area contributed by atoms with Gasteiger partial charge in [-0.1, -0.05) is 6.07 Å². The number of hydrogen-bond donors (Lipinski definition) is 2. The van der Waals surface area contributed by atoms with Crippen LogP contribution in [0.25, 0.3) is 0 Å². The van der Waals surface area contributed by atoms with Crippen molar-refractivity contribution >= 4 is 23.2 Å². The number of aryl methyl sites for hydroxylation is 1. The summed E-state index contributed by atoms with van der Waals surface area (Å²) in [5.41, 5.74) is 3.96. The standard InChI is InChI=1S/C12H13N3O3/c1-7-3-4-10(18-2)8(5-7)13-12(17)9-6-11(16)15-14-9/h3-5H,6H2,1-2H3,(H,13,17)(H,15,16). The number of carbonyl (C=O) groups is 2. The summed E-state index contributed by atoms with van der Waals surface area (Å²) in [5, 5.41) is 6.33. The summed E-state index contributed by atoms with van der Waals surface area (Å²) in [6, 6.07) is 5.44. The molecule has 0 atom stereocenters. The highest BCUT2D eigenvalue weighted by Gasteiger charge is 2.22. The Hall–Kier alpha value is -2.37. The van der Waals surface area contributed by atoms with Crippen LogP contribution in [0.3, 0.4) is 0 Å². The molecule has 2 amide bonds. The maximum absolute atomic E-state index is 11.9. The molecule has 0 saturated carbocycles. The predicted octanol–water partition coefficient (Wildman–Crippen LogP) is 0.818. The highest BCUT2D eigenvalue weighted by Crippen LogP contribution is 2.25. The number of hydrazone groups is 1. The van der Waals surface area contributed by atoms with Gasteiger partial charge in [0.25, 0.3) is 5.91 Å². The Labute approximate surface area is 104 Å². The molecule has 0 spiro atoms. The van der Waals surface area contributed by atoms with Crippen molar-refractivity contribution in [2.45, 2.75) is 13.3 Å². The molecule has 0 fully saturated rings. The molecule has 94 valence electrons. The Kier molecular flexibility index (Phi) is 3.27. The summed E-state index contributed by atoms with van der Waals surface area (Å²) in [6.07, 6.45) is -0.0000352. The minimum absolute atomic E-state index is 0.0000352. The number of nitrogens with zero attached hydrogens (tertiary/aromatic N) is 1. The van der Waals surface area contributed by atoms with Crippen LogP contribution in [0, 0.1) is 6.92 Å².